The minimum Gasteiger partial charge on any atom is -0.413 e. The quantitative estimate of drug-likeness (QED) is 0.583. The van der Waals surface area contributed by atoms with Gasteiger partial charge in [0.2, 0.25) is 0 Å². The van der Waals surface area contributed by atoms with Gasteiger partial charge in [0.05, 0.1) is 0 Å². The molecule has 0 aromatic carbocycles. The Morgan fingerprint density at radius 1 is 1.31 bits per heavy atom. The fourth-order valence-corrected chi connectivity index (χ4v) is 2.11. The summed E-state index contributed by atoms with van der Waals surface area (Å²) in [5.74, 6) is 0. The molecule has 13 heavy (non-hydrogen) atoms. The van der Waals surface area contributed by atoms with E-state index in [0.717, 1.165) is 6.54 Å². The lowest BCUT2D eigenvalue weighted by atomic mass is 9.95. The van der Waals surface area contributed by atoms with Crippen LogP contribution >= 0.6 is 0 Å². The Bertz CT molecular complexity index is 138. The van der Waals surface area contributed by atoms with Gasteiger partial charge in [-0.3, -0.25) is 0 Å². The van der Waals surface area contributed by atoms with E-state index in [0.29, 0.717) is 6.04 Å². The number of hydrogen-bond donors (Lipinski definition) is 3. The molecule has 3 N–H and O–H groups in total. The van der Waals surface area contributed by atoms with Crippen LogP contribution in [0.1, 0.15) is 39.0 Å². The summed E-state index contributed by atoms with van der Waals surface area (Å²) < 4.78 is 0. The smallest absolute Gasteiger partial charge is 0.320 e. The van der Waals surface area contributed by atoms with Gasteiger partial charge in [-0.05, 0) is 19.4 Å². The van der Waals surface area contributed by atoms with E-state index in [1.807, 2.05) is 6.92 Å². The molecular weight excluding hydrogens is 182 g/mol. The lowest BCUT2D eigenvalue weighted by Gasteiger charge is -2.24. The summed E-state index contributed by atoms with van der Waals surface area (Å²) in [7, 11) is -2.40. The van der Waals surface area contributed by atoms with Crippen molar-refractivity contribution in [2.24, 2.45) is 0 Å². The fourth-order valence-electron chi connectivity index (χ4n) is 1.76. The van der Waals surface area contributed by atoms with E-state index in [1.54, 1.807) is 0 Å². The molecule has 0 aliphatic heterocycles. The molecule has 78 valence electrons. The highest BCUT2D eigenvalue weighted by atomic mass is 28.3. The van der Waals surface area contributed by atoms with E-state index >= 15 is 0 Å². The molecule has 1 saturated carbocycles. The van der Waals surface area contributed by atoms with Crippen LogP contribution in [0.15, 0.2) is 0 Å². The van der Waals surface area contributed by atoms with Crippen LogP contribution in [0.5, 0.6) is 0 Å². The SMILES string of the molecule is CC(CNC1CCCCC1)[SiH](O)O. The first-order valence-corrected chi connectivity index (χ1v) is 6.99. The first-order chi connectivity index (χ1) is 6.20. The van der Waals surface area contributed by atoms with Crippen LogP contribution in [-0.4, -0.2) is 31.5 Å². The van der Waals surface area contributed by atoms with Gasteiger partial charge in [-0.2, -0.15) is 0 Å². The molecule has 1 fully saturated rings. The van der Waals surface area contributed by atoms with E-state index in [1.165, 1.54) is 32.1 Å². The van der Waals surface area contributed by atoms with Crippen molar-refractivity contribution in [3.8, 4) is 0 Å². The van der Waals surface area contributed by atoms with Gasteiger partial charge in [-0.25, -0.2) is 0 Å². The summed E-state index contributed by atoms with van der Waals surface area (Å²) in [6, 6.07) is 0.629. The number of nitrogens with one attached hydrogen (secondary N) is 1. The maximum Gasteiger partial charge on any atom is 0.320 e. The van der Waals surface area contributed by atoms with Crippen LogP contribution in [0.3, 0.4) is 0 Å². The van der Waals surface area contributed by atoms with Crippen LogP contribution in [0.25, 0.3) is 0 Å². The normalized spacial score (nSPS) is 22.2. The van der Waals surface area contributed by atoms with Crippen molar-refractivity contribution < 1.29 is 9.59 Å². The third kappa shape index (κ3) is 4.22. The molecule has 3 nitrogen and oxygen atoms in total. The van der Waals surface area contributed by atoms with Gasteiger partial charge < -0.3 is 14.9 Å². The zero-order chi connectivity index (χ0) is 9.68. The predicted molar refractivity (Wildman–Crippen MR) is 55.9 cm³/mol. The highest BCUT2D eigenvalue weighted by Gasteiger charge is 2.17. The van der Waals surface area contributed by atoms with Gasteiger partial charge in [0.25, 0.3) is 0 Å². The Labute approximate surface area is 82.0 Å². The van der Waals surface area contributed by atoms with E-state index in [2.05, 4.69) is 5.32 Å². The first kappa shape index (κ1) is 11.2. The van der Waals surface area contributed by atoms with E-state index in [-0.39, 0.29) is 5.54 Å². The molecule has 0 aromatic rings. The van der Waals surface area contributed by atoms with Crippen molar-refractivity contribution in [1.29, 1.82) is 0 Å². The molecule has 1 aliphatic carbocycles. The summed E-state index contributed by atoms with van der Waals surface area (Å²) in [4.78, 5) is 18.0. The van der Waals surface area contributed by atoms with Crippen LogP contribution < -0.4 is 5.32 Å². The standard InChI is InChI=1S/C9H21NO2Si/c1-8(13(11)12)7-10-9-5-3-2-4-6-9/h8-13H,2-7H2,1H3. The Kier molecular flexibility index (Phi) is 4.94. The molecule has 0 spiro atoms. The molecule has 0 amide bonds. The van der Waals surface area contributed by atoms with Crippen molar-refractivity contribution in [2.75, 3.05) is 6.54 Å². The highest BCUT2D eigenvalue weighted by Crippen LogP contribution is 2.17. The van der Waals surface area contributed by atoms with E-state index in [9.17, 15) is 0 Å². The molecular formula is C9H21NO2Si. The minimum atomic E-state index is -2.40. The molecule has 0 saturated heterocycles. The Morgan fingerprint density at radius 2 is 1.92 bits per heavy atom. The van der Waals surface area contributed by atoms with E-state index < -0.39 is 9.28 Å². The highest BCUT2D eigenvalue weighted by molar-refractivity contribution is 6.43. The van der Waals surface area contributed by atoms with E-state index in [4.69, 9.17) is 9.59 Å². The van der Waals surface area contributed by atoms with Crippen LogP contribution in [-0.2, 0) is 0 Å². The summed E-state index contributed by atoms with van der Waals surface area (Å²) in [6.45, 7) is 2.68. The second-order valence-corrected chi connectivity index (χ2v) is 6.10. The van der Waals surface area contributed by atoms with Gasteiger partial charge in [-0.1, -0.05) is 26.2 Å². The molecule has 1 rings (SSSR count). The van der Waals surface area contributed by atoms with Crippen molar-refractivity contribution in [2.45, 2.75) is 50.6 Å². The topological polar surface area (TPSA) is 52.5 Å². The second kappa shape index (κ2) is 5.75. The molecule has 0 bridgehead atoms. The molecule has 1 atom stereocenters. The second-order valence-electron chi connectivity index (χ2n) is 4.13. The maximum atomic E-state index is 9.00. The third-order valence-electron chi connectivity index (χ3n) is 2.84. The molecule has 1 unspecified atom stereocenters. The summed E-state index contributed by atoms with van der Waals surface area (Å²) in [5.41, 5.74) is 0.0712. The Hall–Kier alpha value is 0.0969. The predicted octanol–water partition coefficient (Wildman–Crippen LogP) is 0.504. The zero-order valence-electron chi connectivity index (χ0n) is 8.37. The first-order valence-electron chi connectivity index (χ1n) is 5.29. The molecule has 4 heteroatoms. The number of rotatable bonds is 4. The molecule has 0 heterocycles. The minimum absolute atomic E-state index is 0.0712. The Balaban J connectivity index is 2.10. The average Bonchev–Trinajstić information content (AvgIpc) is 2.15. The lowest BCUT2D eigenvalue weighted by molar-refractivity contribution is 0.351. The van der Waals surface area contributed by atoms with Crippen LogP contribution in [0.2, 0.25) is 5.54 Å². The molecule has 0 aromatic heterocycles. The Morgan fingerprint density at radius 3 is 2.46 bits per heavy atom. The third-order valence-corrected chi connectivity index (χ3v) is 4.10. The van der Waals surface area contributed by atoms with Gasteiger partial charge in [0, 0.05) is 11.6 Å². The van der Waals surface area contributed by atoms with Crippen molar-refractivity contribution in [1.82, 2.24) is 5.32 Å². The van der Waals surface area contributed by atoms with Crippen molar-refractivity contribution >= 4 is 9.28 Å². The van der Waals surface area contributed by atoms with Gasteiger partial charge in [0.15, 0.2) is 0 Å². The van der Waals surface area contributed by atoms with Crippen molar-refractivity contribution in [3.05, 3.63) is 0 Å². The van der Waals surface area contributed by atoms with Crippen LogP contribution in [0.4, 0.5) is 0 Å². The van der Waals surface area contributed by atoms with Gasteiger partial charge in [0.1, 0.15) is 0 Å². The fraction of sp³-hybridized carbons (Fsp3) is 1.00. The largest absolute Gasteiger partial charge is 0.413 e. The monoisotopic (exact) mass is 203 g/mol. The van der Waals surface area contributed by atoms with Crippen LogP contribution in [0, 0.1) is 0 Å². The number of hydrogen-bond acceptors (Lipinski definition) is 3. The van der Waals surface area contributed by atoms with Gasteiger partial charge >= 0.3 is 9.28 Å². The van der Waals surface area contributed by atoms with Crippen molar-refractivity contribution in [3.63, 3.8) is 0 Å². The summed E-state index contributed by atoms with van der Waals surface area (Å²) in [5, 5.41) is 3.42. The molecule has 1 aliphatic rings. The lowest BCUT2D eigenvalue weighted by Crippen LogP contribution is -2.36. The zero-order valence-corrected chi connectivity index (χ0v) is 9.52. The molecule has 0 radical (unpaired) electrons. The maximum absolute atomic E-state index is 9.00. The summed E-state index contributed by atoms with van der Waals surface area (Å²) in [6.07, 6.45) is 6.53. The average molecular weight is 203 g/mol. The summed E-state index contributed by atoms with van der Waals surface area (Å²) >= 11 is 0. The van der Waals surface area contributed by atoms with Gasteiger partial charge in [-0.15, -0.1) is 0 Å².